The lowest BCUT2D eigenvalue weighted by Crippen LogP contribution is -2.32. The number of carboxylic acid groups (broad SMARTS) is 1. The quantitative estimate of drug-likeness (QED) is 0.820. The number of rotatable bonds is 7. The molecule has 4 heteroatoms. The van der Waals surface area contributed by atoms with Crippen LogP contribution in [0.2, 0.25) is 0 Å². The minimum atomic E-state index is -0.773. The Balaban J connectivity index is 2.69. The Bertz CT molecular complexity index is 399. The minimum Gasteiger partial charge on any atom is -0.480 e. The van der Waals surface area contributed by atoms with Crippen LogP contribution in [-0.4, -0.2) is 43.2 Å². The predicted octanol–water partition coefficient (Wildman–Crippen LogP) is 2.30. The third-order valence-electron chi connectivity index (χ3n) is 2.84. The van der Waals surface area contributed by atoms with E-state index in [0.717, 1.165) is 17.8 Å². The summed E-state index contributed by atoms with van der Waals surface area (Å²) >= 11 is 0. The van der Waals surface area contributed by atoms with Crippen LogP contribution < -0.4 is 4.90 Å². The second-order valence-corrected chi connectivity index (χ2v) is 5.52. The van der Waals surface area contributed by atoms with Crippen LogP contribution in [0.4, 0.5) is 5.69 Å². The van der Waals surface area contributed by atoms with Gasteiger partial charge in [-0.3, -0.25) is 9.69 Å². The van der Waals surface area contributed by atoms with E-state index in [4.69, 9.17) is 5.11 Å². The fraction of sp³-hybridized carbons (Fsp3) is 0.533. The first-order valence-corrected chi connectivity index (χ1v) is 6.59. The summed E-state index contributed by atoms with van der Waals surface area (Å²) in [6, 6.07) is 8.24. The van der Waals surface area contributed by atoms with Crippen molar-refractivity contribution in [1.82, 2.24) is 4.90 Å². The predicted molar refractivity (Wildman–Crippen MR) is 78.5 cm³/mol. The molecule has 1 rings (SSSR count). The highest BCUT2D eigenvalue weighted by atomic mass is 16.4. The van der Waals surface area contributed by atoms with Crippen LogP contribution in [0.25, 0.3) is 0 Å². The van der Waals surface area contributed by atoms with Crippen LogP contribution in [0, 0.1) is 5.92 Å². The highest BCUT2D eigenvalue weighted by Crippen LogP contribution is 2.14. The zero-order chi connectivity index (χ0) is 14.4. The van der Waals surface area contributed by atoms with Gasteiger partial charge in [-0.1, -0.05) is 26.0 Å². The van der Waals surface area contributed by atoms with E-state index in [1.165, 1.54) is 0 Å². The van der Waals surface area contributed by atoms with E-state index in [1.54, 1.807) is 0 Å². The highest BCUT2D eigenvalue weighted by Gasteiger charge is 2.12. The summed E-state index contributed by atoms with van der Waals surface area (Å²) in [6.45, 7) is 5.77. The number of benzene rings is 1. The molecule has 0 aliphatic rings. The number of carbonyl (C=O) groups is 1. The first-order valence-electron chi connectivity index (χ1n) is 6.59. The van der Waals surface area contributed by atoms with Gasteiger partial charge in [0.15, 0.2) is 0 Å². The van der Waals surface area contributed by atoms with Gasteiger partial charge in [-0.2, -0.15) is 0 Å². The summed E-state index contributed by atoms with van der Waals surface area (Å²) in [7, 11) is 4.01. The van der Waals surface area contributed by atoms with E-state index < -0.39 is 5.97 Å². The largest absolute Gasteiger partial charge is 0.480 e. The first-order chi connectivity index (χ1) is 8.88. The van der Waals surface area contributed by atoms with Gasteiger partial charge in [-0.15, -0.1) is 0 Å². The summed E-state index contributed by atoms with van der Waals surface area (Å²) in [5, 5.41) is 8.94. The SMILES string of the molecule is CC(C)CN(CC(=O)O)Cc1ccc(N(C)C)cc1. The van der Waals surface area contributed by atoms with E-state index in [1.807, 2.05) is 23.9 Å². The molecule has 0 amide bonds. The molecule has 0 spiro atoms. The normalized spacial score (nSPS) is 11.1. The van der Waals surface area contributed by atoms with Crippen LogP contribution in [0.3, 0.4) is 0 Å². The molecule has 0 unspecified atom stereocenters. The zero-order valence-electron chi connectivity index (χ0n) is 12.3. The topological polar surface area (TPSA) is 43.8 Å². The third-order valence-corrected chi connectivity index (χ3v) is 2.84. The molecule has 0 aliphatic heterocycles. The smallest absolute Gasteiger partial charge is 0.317 e. The van der Waals surface area contributed by atoms with Gasteiger partial charge in [-0.05, 0) is 23.6 Å². The Morgan fingerprint density at radius 1 is 1.21 bits per heavy atom. The average molecular weight is 264 g/mol. The molecule has 106 valence electrons. The average Bonchev–Trinajstić information content (AvgIpc) is 2.27. The number of carboxylic acids is 1. The van der Waals surface area contributed by atoms with Crippen molar-refractivity contribution in [3.05, 3.63) is 29.8 Å². The Labute approximate surface area is 115 Å². The second kappa shape index (κ2) is 7.14. The maximum atomic E-state index is 10.9. The maximum Gasteiger partial charge on any atom is 0.317 e. The van der Waals surface area contributed by atoms with Gasteiger partial charge < -0.3 is 10.0 Å². The number of hydrogen-bond donors (Lipinski definition) is 1. The van der Waals surface area contributed by atoms with E-state index in [0.29, 0.717) is 12.5 Å². The molecule has 1 aromatic rings. The Morgan fingerprint density at radius 2 is 1.79 bits per heavy atom. The third kappa shape index (κ3) is 5.75. The first kappa shape index (κ1) is 15.5. The molecule has 0 aliphatic carbocycles. The molecule has 0 bridgehead atoms. The van der Waals surface area contributed by atoms with Crippen LogP contribution >= 0.6 is 0 Å². The van der Waals surface area contributed by atoms with Gasteiger partial charge in [0.1, 0.15) is 0 Å². The summed E-state index contributed by atoms with van der Waals surface area (Å²) < 4.78 is 0. The fourth-order valence-electron chi connectivity index (χ4n) is 2.05. The van der Waals surface area contributed by atoms with Gasteiger partial charge in [0, 0.05) is 32.9 Å². The standard InChI is InChI=1S/C15H24N2O2/c1-12(2)9-17(11-15(18)19)10-13-5-7-14(8-6-13)16(3)4/h5-8,12H,9-11H2,1-4H3,(H,18,19). The molecule has 0 saturated heterocycles. The zero-order valence-corrected chi connectivity index (χ0v) is 12.3. The Morgan fingerprint density at radius 3 is 2.21 bits per heavy atom. The fourth-order valence-corrected chi connectivity index (χ4v) is 2.05. The van der Waals surface area contributed by atoms with Crippen molar-refractivity contribution < 1.29 is 9.90 Å². The van der Waals surface area contributed by atoms with Crippen molar-refractivity contribution in [1.29, 1.82) is 0 Å². The molecule has 0 atom stereocenters. The van der Waals surface area contributed by atoms with Crippen molar-refractivity contribution in [2.24, 2.45) is 5.92 Å². The van der Waals surface area contributed by atoms with Crippen molar-refractivity contribution in [3.63, 3.8) is 0 Å². The van der Waals surface area contributed by atoms with Crippen LogP contribution in [0.5, 0.6) is 0 Å². The molecule has 0 aromatic heterocycles. The second-order valence-electron chi connectivity index (χ2n) is 5.52. The van der Waals surface area contributed by atoms with Gasteiger partial charge in [0.05, 0.1) is 6.54 Å². The van der Waals surface area contributed by atoms with Crippen molar-refractivity contribution in [2.75, 3.05) is 32.1 Å². The van der Waals surface area contributed by atoms with Crippen LogP contribution in [0.15, 0.2) is 24.3 Å². The number of nitrogens with zero attached hydrogens (tertiary/aromatic N) is 2. The van der Waals surface area contributed by atoms with Crippen LogP contribution in [-0.2, 0) is 11.3 Å². The van der Waals surface area contributed by atoms with E-state index in [9.17, 15) is 4.79 Å². The van der Waals surface area contributed by atoms with Gasteiger partial charge in [0.2, 0.25) is 0 Å². The molecule has 1 N–H and O–H groups in total. The molecular weight excluding hydrogens is 240 g/mol. The number of hydrogen-bond acceptors (Lipinski definition) is 3. The monoisotopic (exact) mass is 264 g/mol. The van der Waals surface area contributed by atoms with E-state index in [-0.39, 0.29) is 6.54 Å². The molecule has 0 fully saturated rings. The van der Waals surface area contributed by atoms with Gasteiger partial charge in [0.25, 0.3) is 0 Å². The lowest BCUT2D eigenvalue weighted by molar-refractivity contribution is -0.138. The van der Waals surface area contributed by atoms with E-state index in [2.05, 4.69) is 38.1 Å². The number of aliphatic carboxylic acids is 1. The molecule has 0 radical (unpaired) electrons. The van der Waals surface area contributed by atoms with Gasteiger partial charge in [-0.25, -0.2) is 0 Å². The van der Waals surface area contributed by atoms with Gasteiger partial charge >= 0.3 is 5.97 Å². The van der Waals surface area contributed by atoms with E-state index >= 15 is 0 Å². The molecular formula is C15H24N2O2. The summed E-state index contributed by atoms with van der Waals surface area (Å²) in [5.41, 5.74) is 2.30. The highest BCUT2D eigenvalue weighted by molar-refractivity contribution is 5.69. The lowest BCUT2D eigenvalue weighted by Gasteiger charge is -2.22. The Hall–Kier alpha value is -1.55. The molecule has 0 saturated carbocycles. The lowest BCUT2D eigenvalue weighted by atomic mass is 10.1. The maximum absolute atomic E-state index is 10.9. The molecule has 0 heterocycles. The summed E-state index contributed by atoms with van der Waals surface area (Å²) in [5.74, 6) is -0.314. The van der Waals surface area contributed by atoms with Crippen molar-refractivity contribution in [3.8, 4) is 0 Å². The van der Waals surface area contributed by atoms with Crippen molar-refractivity contribution >= 4 is 11.7 Å². The number of anilines is 1. The Kier molecular flexibility index (Phi) is 5.83. The minimum absolute atomic E-state index is 0.0909. The molecule has 19 heavy (non-hydrogen) atoms. The van der Waals surface area contributed by atoms with Crippen molar-refractivity contribution in [2.45, 2.75) is 20.4 Å². The summed E-state index contributed by atoms with van der Waals surface area (Å²) in [4.78, 5) is 14.9. The summed E-state index contributed by atoms with van der Waals surface area (Å²) in [6.07, 6.45) is 0. The molecule has 4 nitrogen and oxygen atoms in total. The molecule has 1 aromatic carbocycles. The van der Waals surface area contributed by atoms with Crippen LogP contribution in [0.1, 0.15) is 19.4 Å².